The molecule has 0 aromatic carbocycles. The Morgan fingerprint density at radius 3 is 1.59 bits per heavy atom. The second-order valence-electron chi connectivity index (χ2n) is 12.8. The topological polar surface area (TPSA) is 6.48 Å². The number of hydrogen-bond donors (Lipinski definition) is 0. The molecule has 0 bridgehead atoms. The van der Waals surface area contributed by atoms with Crippen molar-refractivity contribution in [3.8, 4) is 0 Å². The predicted octanol–water partition coefficient (Wildman–Crippen LogP) is 6.54. The van der Waals surface area contributed by atoms with E-state index < -0.39 is 0 Å². The van der Waals surface area contributed by atoms with Gasteiger partial charge in [-0.25, -0.2) is 0 Å². The zero-order valence-electron chi connectivity index (χ0n) is 21.9. The van der Waals surface area contributed by atoms with Crippen LogP contribution in [0.2, 0.25) is 17.5 Å². The lowest BCUT2D eigenvalue weighted by Gasteiger charge is -2.64. The lowest BCUT2D eigenvalue weighted by molar-refractivity contribution is -0.0226. The van der Waals surface area contributed by atoms with Crippen LogP contribution in [0.5, 0.6) is 0 Å². The zero-order chi connectivity index (χ0) is 22.2. The molecule has 3 rings (SSSR count). The average molecular weight is 403 g/mol. The molecule has 0 N–H and O–H groups in total. The van der Waals surface area contributed by atoms with E-state index in [2.05, 4.69) is 99.8 Å². The first-order valence-corrected chi connectivity index (χ1v) is 12.8. The normalized spacial score (nSPS) is 52.7. The van der Waals surface area contributed by atoms with Gasteiger partial charge in [0.15, 0.2) is 6.71 Å². The summed E-state index contributed by atoms with van der Waals surface area (Å²) in [6, 6.07) is 3.35. The fourth-order valence-corrected chi connectivity index (χ4v) is 8.92. The second-order valence-corrected chi connectivity index (χ2v) is 12.8. The van der Waals surface area contributed by atoms with Crippen LogP contribution in [0.25, 0.3) is 0 Å². The molecule has 29 heavy (non-hydrogen) atoms. The van der Waals surface area contributed by atoms with E-state index in [9.17, 15) is 0 Å². The molecule has 3 aliphatic rings. The summed E-state index contributed by atoms with van der Waals surface area (Å²) >= 11 is 0. The van der Waals surface area contributed by atoms with E-state index in [1.54, 1.807) is 0 Å². The Morgan fingerprint density at radius 1 is 0.552 bits per heavy atom. The third kappa shape index (κ3) is 3.45. The molecule has 0 aliphatic carbocycles. The number of fused-ring (bicyclic) bond motifs is 2. The van der Waals surface area contributed by atoms with Crippen LogP contribution < -0.4 is 0 Å². The van der Waals surface area contributed by atoms with Gasteiger partial charge in [0.05, 0.1) is 0 Å². The van der Waals surface area contributed by atoms with Crippen LogP contribution in [0.3, 0.4) is 0 Å². The van der Waals surface area contributed by atoms with Crippen molar-refractivity contribution in [2.45, 2.75) is 143 Å². The molecule has 3 saturated heterocycles. The highest BCUT2D eigenvalue weighted by atomic mass is 15.3. The second kappa shape index (κ2) is 7.84. The monoisotopic (exact) mass is 402 g/mol. The van der Waals surface area contributed by atoms with Crippen LogP contribution in [0.15, 0.2) is 0 Å². The molecule has 2 nitrogen and oxygen atoms in total. The van der Waals surface area contributed by atoms with E-state index in [0.29, 0.717) is 24.2 Å². The van der Waals surface area contributed by atoms with Gasteiger partial charge < -0.3 is 0 Å². The molecule has 0 aromatic rings. The minimum Gasteiger partial charge on any atom is -0.295 e. The summed E-state index contributed by atoms with van der Waals surface area (Å²) in [6.45, 7) is 33.7. The molecule has 0 aromatic heterocycles. The van der Waals surface area contributed by atoms with Crippen molar-refractivity contribution in [1.82, 2.24) is 9.80 Å². The molecule has 168 valence electrons. The van der Waals surface area contributed by atoms with Gasteiger partial charge in [0.2, 0.25) is 0 Å². The van der Waals surface area contributed by atoms with Crippen LogP contribution in [0.4, 0.5) is 0 Å². The molecule has 0 saturated carbocycles. The minimum absolute atomic E-state index is 0.228. The van der Waals surface area contributed by atoms with Crippen LogP contribution in [0.1, 0.15) is 90.0 Å². The van der Waals surface area contributed by atoms with Crippen molar-refractivity contribution >= 4 is 6.71 Å². The third-order valence-corrected chi connectivity index (χ3v) is 10.8. The molecule has 3 aliphatic heterocycles. The SMILES string of the molecule is C[C@@H]1[C@H](C)[C@H](C)[C@@H]2[C@H](C)B3[C@H]([C@@H](C)N(C(C)(C)C)[C@@H](C)[C@H]3C)[C@H](C)N2[C@H](C)[C@@H]1C. The highest BCUT2D eigenvalue weighted by molar-refractivity contribution is 6.65. The molecule has 12 atom stereocenters. The molecule has 0 unspecified atom stereocenters. The fraction of sp³-hybridized carbons (Fsp3) is 1.00. The van der Waals surface area contributed by atoms with Gasteiger partial charge in [0.1, 0.15) is 0 Å². The first-order chi connectivity index (χ1) is 13.2. The summed E-state index contributed by atoms with van der Waals surface area (Å²) < 4.78 is 0. The summed E-state index contributed by atoms with van der Waals surface area (Å²) in [5.41, 5.74) is 0.228. The Morgan fingerprint density at radius 2 is 1.07 bits per heavy atom. The maximum Gasteiger partial charge on any atom is 0.156 e. The van der Waals surface area contributed by atoms with Gasteiger partial charge in [-0.1, -0.05) is 41.5 Å². The third-order valence-electron chi connectivity index (χ3n) is 10.8. The summed E-state index contributed by atoms with van der Waals surface area (Å²) in [5.74, 6) is 5.42. The first kappa shape index (κ1) is 23.6. The van der Waals surface area contributed by atoms with E-state index in [-0.39, 0.29) is 5.54 Å². The summed E-state index contributed by atoms with van der Waals surface area (Å²) in [4.78, 5) is 5.89. The molecule has 0 amide bonds. The highest BCUT2D eigenvalue weighted by Crippen LogP contribution is 2.56. The Labute approximate surface area is 183 Å². The number of hydrogen-bond acceptors (Lipinski definition) is 2. The highest BCUT2D eigenvalue weighted by Gasteiger charge is 2.60. The zero-order valence-corrected chi connectivity index (χ0v) is 21.9. The largest absolute Gasteiger partial charge is 0.295 e. The summed E-state index contributed by atoms with van der Waals surface area (Å²) in [6.07, 6.45) is 0. The van der Waals surface area contributed by atoms with Crippen molar-refractivity contribution in [2.24, 2.45) is 23.7 Å². The van der Waals surface area contributed by atoms with E-state index in [0.717, 1.165) is 53.9 Å². The first-order valence-electron chi connectivity index (χ1n) is 12.8. The number of rotatable bonds is 0. The van der Waals surface area contributed by atoms with Crippen molar-refractivity contribution in [3.05, 3.63) is 0 Å². The Hall–Kier alpha value is -0.0151. The van der Waals surface area contributed by atoms with E-state index in [1.807, 2.05) is 0 Å². The molecular weight excluding hydrogens is 351 g/mol. The van der Waals surface area contributed by atoms with Crippen LogP contribution in [-0.2, 0) is 0 Å². The Balaban J connectivity index is 2.09. The maximum absolute atomic E-state index is 3.03. The van der Waals surface area contributed by atoms with Crippen molar-refractivity contribution in [3.63, 3.8) is 0 Å². The van der Waals surface area contributed by atoms with Crippen molar-refractivity contribution < 1.29 is 0 Å². The summed E-state index contributed by atoms with van der Waals surface area (Å²) in [5, 5.41) is 0. The molecule has 0 radical (unpaired) electrons. The molecular formula is C26H51BN2. The summed E-state index contributed by atoms with van der Waals surface area (Å²) in [7, 11) is 0. The van der Waals surface area contributed by atoms with Crippen LogP contribution in [-0.4, -0.2) is 52.3 Å². The minimum atomic E-state index is 0.228. The van der Waals surface area contributed by atoms with Crippen LogP contribution in [0, 0.1) is 23.7 Å². The average Bonchev–Trinajstić information content (AvgIpc) is 2.68. The maximum atomic E-state index is 3.03. The smallest absolute Gasteiger partial charge is 0.156 e. The number of nitrogens with zero attached hydrogens (tertiary/aromatic N) is 2. The van der Waals surface area contributed by atoms with Gasteiger partial charge in [-0.3, -0.25) is 9.80 Å². The van der Waals surface area contributed by atoms with E-state index >= 15 is 0 Å². The Bertz CT molecular complexity index is 586. The van der Waals surface area contributed by atoms with E-state index in [1.165, 1.54) is 0 Å². The van der Waals surface area contributed by atoms with Crippen molar-refractivity contribution in [1.29, 1.82) is 0 Å². The quantitative estimate of drug-likeness (QED) is 0.424. The standard InChI is InChI=1S/C26H51BN2/c1-14-15(2)17(4)25-19(6)27-18(5)21(8)29(26(11,12)13)23(10)24(27)22(9)28(25)20(7)16(14)3/h14-25H,1-13H3/t14-,15+,16-,17+,18-,19+,20-,21+,22+,23-,24+,25-/m1/s1. The lowest BCUT2D eigenvalue weighted by atomic mass is 9.21. The predicted molar refractivity (Wildman–Crippen MR) is 130 cm³/mol. The Kier molecular flexibility index (Phi) is 6.39. The van der Waals surface area contributed by atoms with Gasteiger partial charge in [-0.05, 0) is 89.6 Å². The van der Waals surface area contributed by atoms with Gasteiger partial charge in [0, 0.05) is 35.7 Å². The van der Waals surface area contributed by atoms with Gasteiger partial charge in [-0.2, -0.15) is 0 Å². The van der Waals surface area contributed by atoms with E-state index in [4.69, 9.17) is 0 Å². The molecule has 3 heteroatoms. The van der Waals surface area contributed by atoms with Crippen LogP contribution >= 0.6 is 0 Å². The molecule has 3 fully saturated rings. The lowest BCUT2D eigenvalue weighted by Crippen LogP contribution is -2.71. The van der Waals surface area contributed by atoms with Gasteiger partial charge in [0.25, 0.3) is 0 Å². The van der Waals surface area contributed by atoms with Gasteiger partial charge >= 0.3 is 0 Å². The molecule has 3 heterocycles. The fourth-order valence-electron chi connectivity index (χ4n) is 8.92. The molecule has 0 spiro atoms. The van der Waals surface area contributed by atoms with Crippen molar-refractivity contribution in [2.75, 3.05) is 0 Å². The van der Waals surface area contributed by atoms with Gasteiger partial charge in [-0.15, -0.1) is 0 Å².